The summed E-state index contributed by atoms with van der Waals surface area (Å²) in [5.74, 6) is 0.383. The molecule has 5 heteroatoms. The third-order valence-electron chi connectivity index (χ3n) is 3.68. The molecule has 3 rings (SSSR count). The van der Waals surface area contributed by atoms with E-state index in [1.165, 1.54) is 6.92 Å². The van der Waals surface area contributed by atoms with Crippen LogP contribution >= 0.6 is 0 Å². The number of nitrogens with one attached hydrogen (secondary N) is 2. The molecule has 0 radical (unpaired) electrons. The van der Waals surface area contributed by atoms with Crippen LogP contribution in [0.2, 0.25) is 0 Å². The molecule has 0 spiro atoms. The highest BCUT2D eigenvalue weighted by atomic mass is 16.2. The van der Waals surface area contributed by atoms with Gasteiger partial charge in [-0.05, 0) is 32.9 Å². The van der Waals surface area contributed by atoms with Gasteiger partial charge in [0.15, 0.2) is 0 Å². The maximum absolute atomic E-state index is 12.0. The Hall–Kier alpha value is -2.17. The molecule has 1 aliphatic rings. The third-order valence-corrected chi connectivity index (χ3v) is 3.68. The summed E-state index contributed by atoms with van der Waals surface area (Å²) >= 11 is 0. The van der Waals surface area contributed by atoms with Crippen molar-refractivity contribution in [3.63, 3.8) is 0 Å². The largest absolute Gasteiger partial charge is 0.342 e. The first-order valence-electron chi connectivity index (χ1n) is 5.76. The first-order valence-corrected chi connectivity index (χ1v) is 5.76. The van der Waals surface area contributed by atoms with Gasteiger partial charge in [0.2, 0.25) is 5.91 Å². The Bertz CT molecular complexity index is 702. The fourth-order valence-corrected chi connectivity index (χ4v) is 2.42. The Morgan fingerprint density at radius 1 is 1.39 bits per heavy atom. The zero-order valence-electron chi connectivity index (χ0n) is 10.4. The lowest BCUT2D eigenvalue weighted by molar-refractivity contribution is -0.130. The van der Waals surface area contributed by atoms with Crippen LogP contribution in [0.1, 0.15) is 25.2 Å². The molecule has 2 N–H and O–H groups in total. The van der Waals surface area contributed by atoms with Crippen molar-refractivity contribution in [2.75, 3.05) is 5.32 Å². The van der Waals surface area contributed by atoms with E-state index in [0.717, 1.165) is 22.4 Å². The van der Waals surface area contributed by atoms with Crippen LogP contribution in [0.25, 0.3) is 11.0 Å². The number of Topliss-reactive ketones (excluding diaryl/α,β-unsaturated/α-hetero) is 1. The Morgan fingerprint density at radius 2 is 2.11 bits per heavy atom. The van der Waals surface area contributed by atoms with Gasteiger partial charge in [0.25, 0.3) is 0 Å². The van der Waals surface area contributed by atoms with E-state index >= 15 is 0 Å². The Balaban J connectivity index is 2.32. The van der Waals surface area contributed by atoms with Crippen LogP contribution in [0, 0.1) is 6.92 Å². The van der Waals surface area contributed by atoms with Crippen molar-refractivity contribution in [3.8, 4) is 0 Å². The number of aryl methyl sites for hydroxylation is 1. The second-order valence-electron chi connectivity index (χ2n) is 4.87. The number of benzene rings is 1. The molecule has 1 aromatic carbocycles. The molecule has 18 heavy (non-hydrogen) atoms. The van der Waals surface area contributed by atoms with Crippen LogP contribution in [0.3, 0.4) is 0 Å². The van der Waals surface area contributed by atoms with E-state index in [0.29, 0.717) is 5.69 Å². The predicted molar refractivity (Wildman–Crippen MR) is 67.5 cm³/mol. The van der Waals surface area contributed by atoms with Crippen molar-refractivity contribution in [2.24, 2.45) is 0 Å². The van der Waals surface area contributed by atoms with Gasteiger partial charge >= 0.3 is 0 Å². The van der Waals surface area contributed by atoms with E-state index in [1.54, 1.807) is 13.0 Å². The number of imidazole rings is 1. The number of ketones is 1. The van der Waals surface area contributed by atoms with Crippen LogP contribution in [0.15, 0.2) is 12.1 Å². The number of amides is 1. The highest BCUT2D eigenvalue weighted by Crippen LogP contribution is 2.40. The summed E-state index contributed by atoms with van der Waals surface area (Å²) in [5.41, 5.74) is 1.94. The van der Waals surface area contributed by atoms with Crippen molar-refractivity contribution >= 4 is 28.4 Å². The summed E-state index contributed by atoms with van der Waals surface area (Å²) < 4.78 is 0. The van der Waals surface area contributed by atoms with Crippen molar-refractivity contribution in [1.82, 2.24) is 9.97 Å². The van der Waals surface area contributed by atoms with E-state index in [9.17, 15) is 9.59 Å². The number of carbonyl (C=O) groups excluding carboxylic acids is 2. The summed E-state index contributed by atoms with van der Waals surface area (Å²) in [5, 5.41) is 2.76. The van der Waals surface area contributed by atoms with Crippen LogP contribution in [-0.4, -0.2) is 21.7 Å². The Labute approximate surface area is 104 Å². The summed E-state index contributed by atoms with van der Waals surface area (Å²) in [4.78, 5) is 31.2. The number of aromatic nitrogens is 2. The van der Waals surface area contributed by atoms with Crippen molar-refractivity contribution in [2.45, 2.75) is 26.2 Å². The van der Waals surface area contributed by atoms with E-state index < -0.39 is 5.41 Å². The molecule has 2 aromatic rings. The monoisotopic (exact) mass is 243 g/mol. The first-order chi connectivity index (χ1) is 8.42. The average molecular weight is 243 g/mol. The SMILES string of the molecule is CC(=O)C1(C)C(=O)Nc2cc3nc(C)[nH]c3cc21. The lowest BCUT2D eigenvalue weighted by atomic mass is 9.80. The van der Waals surface area contributed by atoms with Gasteiger partial charge in [-0.2, -0.15) is 0 Å². The number of hydrogen-bond acceptors (Lipinski definition) is 3. The standard InChI is InChI=1S/C13H13N3O2/c1-6(17)13(3)8-4-10-11(15-7(2)14-10)5-9(8)16-12(13)18/h4-5H,1-3H3,(H,14,15)(H,16,18). The quantitative estimate of drug-likeness (QED) is 0.748. The summed E-state index contributed by atoms with van der Waals surface area (Å²) in [6, 6.07) is 3.64. The average Bonchev–Trinajstić information content (AvgIpc) is 2.75. The van der Waals surface area contributed by atoms with E-state index in [2.05, 4.69) is 15.3 Å². The molecule has 1 aromatic heterocycles. The van der Waals surface area contributed by atoms with Crippen molar-refractivity contribution < 1.29 is 9.59 Å². The van der Waals surface area contributed by atoms with Crippen LogP contribution in [0.5, 0.6) is 0 Å². The molecule has 0 bridgehead atoms. The molecule has 1 unspecified atom stereocenters. The second kappa shape index (κ2) is 3.19. The van der Waals surface area contributed by atoms with Crippen LogP contribution in [0.4, 0.5) is 5.69 Å². The van der Waals surface area contributed by atoms with Crippen LogP contribution < -0.4 is 5.32 Å². The van der Waals surface area contributed by atoms with Gasteiger partial charge < -0.3 is 10.3 Å². The molecule has 1 atom stereocenters. The smallest absolute Gasteiger partial charge is 0.242 e. The highest BCUT2D eigenvalue weighted by molar-refractivity contribution is 6.21. The summed E-state index contributed by atoms with van der Waals surface area (Å²) in [6.45, 7) is 4.97. The minimum absolute atomic E-state index is 0.158. The van der Waals surface area contributed by atoms with Crippen LogP contribution in [-0.2, 0) is 15.0 Å². The van der Waals surface area contributed by atoms with E-state index in [-0.39, 0.29) is 11.7 Å². The fraction of sp³-hybridized carbons (Fsp3) is 0.308. The molecular formula is C13H13N3O2. The zero-order valence-corrected chi connectivity index (χ0v) is 10.4. The zero-order chi connectivity index (χ0) is 13.1. The maximum Gasteiger partial charge on any atom is 0.242 e. The molecular weight excluding hydrogens is 230 g/mol. The van der Waals surface area contributed by atoms with Gasteiger partial charge in [-0.15, -0.1) is 0 Å². The third kappa shape index (κ3) is 1.19. The van der Waals surface area contributed by atoms with Gasteiger partial charge in [0.1, 0.15) is 17.0 Å². The Morgan fingerprint density at radius 3 is 2.78 bits per heavy atom. The molecule has 5 nitrogen and oxygen atoms in total. The van der Waals surface area contributed by atoms with Crippen molar-refractivity contribution in [3.05, 3.63) is 23.5 Å². The number of anilines is 1. The van der Waals surface area contributed by atoms with Gasteiger partial charge in [0, 0.05) is 11.3 Å². The minimum Gasteiger partial charge on any atom is -0.342 e. The van der Waals surface area contributed by atoms with Gasteiger partial charge in [-0.1, -0.05) is 0 Å². The highest BCUT2D eigenvalue weighted by Gasteiger charge is 2.46. The number of carbonyl (C=O) groups is 2. The molecule has 1 aliphatic heterocycles. The number of hydrogen-bond donors (Lipinski definition) is 2. The number of H-pyrrole nitrogens is 1. The molecule has 0 aliphatic carbocycles. The normalized spacial score (nSPS) is 22.1. The molecule has 0 saturated heterocycles. The fourth-order valence-electron chi connectivity index (χ4n) is 2.42. The lowest BCUT2D eigenvalue weighted by Gasteiger charge is -2.17. The number of fused-ring (bicyclic) bond motifs is 2. The summed E-state index contributed by atoms with van der Waals surface area (Å²) in [7, 11) is 0. The molecule has 1 amide bonds. The van der Waals surface area contributed by atoms with E-state index in [4.69, 9.17) is 0 Å². The maximum atomic E-state index is 12.0. The molecule has 0 fully saturated rings. The molecule has 0 saturated carbocycles. The number of aromatic amines is 1. The number of rotatable bonds is 1. The van der Waals surface area contributed by atoms with Gasteiger partial charge in [-0.3, -0.25) is 9.59 Å². The minimum atomic E-state index is -1.09. The Kier molecular flexibility index (Phi) is 1.94. The van der Waals surface area contributed by atoms with Crippen molar-refractivity contribution in [1.29, 1.82) is 0 Å². The van der Waals surface area contributed by atoms with E-state index in [1.807, 2.05) is 13.0 Å². The van der Waals surface area contributed by atoms with Gasteiger partial charge in [0.05, 0.1) is 11.0 Å². The van der Waals surface area contributed by atoms with Gasteiger partial charge in [-0.25, -0.2) is 4.98 Å². The predicted octanol–water partition coefficient (Wildman–Crippen LogP) is 1.67. The first kappa shape index (κ1) is 11.0. The summed E-state index contributed by atoms with van der Waals surface area (Å²) in [6.07, 6.45) is 0. The number of nitrogens with zero attached hydrogens (tertiary/aromatic N) is 1. The molecule has 92 valence electrons. The molecule has 2 heterocycles. The second-order valence-corrected chi connectivity index (χ2v) is 4.87. The lowest BCUT2D eigenvalue weighted by Crippen LogP contribution is -2.37. The topological polar surface area (TPSA) is 74.8 Å².